The number of methoxy groups -OCH3 is 2. The highest BCUT2D eigenvalue weighted by molar-refractivity contribution is 8.00. The maximum atomic E-state index is 13.0. The summed E-state index contributed by atoms with van der Waals surface area (Å²) in [5, 5.41) is 8.67. The van der Waals surface area contributed by atoms with Crippen LogP contribution < -0.4 is 25.4 Å². The average molecular weight is 634 g/mol. The van der Waals surface area contributed by atoms with Gasteiger partial charge < -0.3 is 30.2 Å². The molecule has 3 aromatic carbocycles. The van der Waals surface area contributed by atoms with Gasteiger partial charge in [0.15, 0.2) is 11.5 Å². The van der Waals surface area contributed by atoms with E-state index in [2.05, 4.69) is 16.0 Å². The minimum atomic E-state index is -0.624. The van der Waals surface area contributed by atoms with Crippen LogP contribution >= 0.6 is 23.1 Å². The van der Waals surface area contributed by atoms with Gasteiger partial charge in [0.2, 0.25) is 5.91 Å². The summed E-state index contributed by atoms with van der Waals surface area (Å²) in [5.74, 6) is -0.773. The van der Waals surface area contributed by atoms with Gasteiger partial charge in [0.1, 0.15) is 5.00 Å². The molecule has 3 amide bonds. The predicted octanol–water partition coefficient (Wildman–Crippen LogP) is 6.49. The number of carbonyl (C=O) groups excluding carboxylic acids is 4. The molecule has 1 heterocycles. The quantitative estimate of drug-likeness (QED) is 0.119. The molecule has 4 rings (SSSR count). The smallest absolute Gasteiger partial charge is 0.341 e. The number of hydrogen-bond donors (Lipinski definition) is 3. The van der Waals surface area contributed by atoms with Gasteiger partial charge in [0, 0.05) is 21.8 Å². The van der Waals surface area contributed by atoms with Crippen molar-refractivity contribution >= 4 is 63.2 Å². The second-order valence-electron chi connectivity index (χ2n) is 9.19. The highest BCUT2D eigenvalue weighted by Crippen LogP contribution is 2.35. The Morgan fingerprint density at radius 3 is 2.20 bits per heavy atom. The van der Waals surface area contributed by atoms with E-state index in [0.29, 0.717) is 34.0 Å². The molecule has 0 fully saturated rings. The lowest BCUT2D eigenvalue weighted by molar-refractivity contribution is -0.113. The number of carbonyl (C=O) groups is 4. The van der Waals surface area contributed by atoms with Crippen LogP contribution in [0, 0.1) is 6.92 Å². The van der Waals surface area contributed by atoms with Gasteiger partial charge in [-0.25, -0.2) is 4.79 Å². The van der Waals surface area contributed by atoms with E-state index in [1.54, 1.807) is 74.5 Å². The van der Waals surface area contributed by atoms with E-state index in [9.17, 15) is 19.2 Å². The van der Waals surface area contributed by atoms with Gasteiger partial charge in [-0.2, -0.15) is 0 Å². The molecule has 0 aliphatic carbocycles. The Morgan fingerprint density at radius 1 is 0.795 bits per heavy atom. The standard InChI is InChI=1S/C32H31N3O7S2/c1-5-42-32(39)27-19(2)28(30(38)33-21-10-7-6-8-11-21)44-31(27)35-26(36)18-43-23-13-9-12-22(17-23)34-29(37)20-14-15-24(40-3)25(16-20)41-4/h6-17H,5,18H2,1-4H3,(H,33,38)(H,34,37)(H,35,36). The lowest BCUT2D eigenvalue weighted by atomic mass is 10.1. The van der Waals surface area contributed by atoms with Crippen LogP contribution in [0.3, 0.4) is 0 Å². The van der Waals surface area contributed by atoms with Gasteiger partial charge in [-0.05, 0) is 67.9 Å². The second kappa shape index (κ2) is 15.1. The minimum Gasteiger partial charge on any atom is -0.493 e. The summed E-state index contributed by atoms with van der Waals surface area (Å²) in [6, 6.07) is 20.9. The van der Waals surface area contributed by atoms with Crippen molar-refractivity contribution in [2.75, 3.05) is 42.5 Å². The van der Waals surface area contributed by atoms with Crippen LogP contribution in [0.15, 0.2) is 77.7 Å². The maximum absolute atomic E-state index is 13.0. The lowest BCUT2D eigenvalue weighted by Crippen LogP contribution is -2.16. The third-order valence-electron chi connectivity index (χ3n) is 6.22. The molecule has 0 saturated heterocycles. The Bertz CT molecular complexity index is 1670. The maximum Gasteiger partial charge on any atom is 0.341 e. The van der Waals surface area contributed by atoms with Crippen molar-refractivity contribution in [3.8, 4) is 11.5 Å². The van der Waals surface area contributed by atoms with Crippen molar-refractivity contribution < 1.29 is 33.4 Å². The number of esters is 1. The van der Waals surface area contributed by atoms with Crippen LogP contribution in [-0.2, 0) is 9.53 Å². The molecular formula is C32H31N3O7S2. The monoisotopic (exact) mass is 633 g/mol. The number of benzene rings is 3. The second-order valence-corrected chi connectivity index (χ2v) is 11.3. The molecule has 228 valence electrons. The molecule has 10 nitrogen and oxygen atoms in total. The lowest BCUT2D eigenvalue weighted by Gasteiger charge is -2.11. The fourth-order valence-electron chi connectivity index (χ4n) is 4.13. The number of rotatable bonds is 12. The molecular weight excluding hydrogens is 603 g/mol. The molecule has 1 aromatic heterocycles. The summed E-state index contributed by atoms with van der Waals surface area (Å²) in [4.78, 5) is 52.7. The molecule has 0 bridgehead atoms. The number of thioether (sulfide) groups is 1. The van der Waals surface area contributed by atoms with Crippen molar-refractivity contribution in [2.45, 2.75) is 18.7 Å². The molecule has 0 aliphatic heterocycles. The number of amides is 3. The molecule has 3 N–H and O–H groups in total. The van der Waals surface area contributed by atoms with Crippen LogP contribution in [0.5, 0.6) is 11.5 Å². The van der Waals surface area contributed by atoms with Crippen molar-refractivity contribution in [1.82, 2.24) is 0 Å². The Labute approximate surface area is 263 Å². The van der Waals surface area contributed by atoms with E-state index in [-0.39, 0.29) is 39.6 Å². The van der Waals surface area contributed by atoms with Crippen LogP contribution in [0.4, 0.5) is 16.4 Å². The van der Waals surface area contributed by atoms with Gasteiger partial charge in [-0.1, -0.05) is 24.3 Å². The Kier molecular flexibility index (Phi) is 11.0. The summed E-state index contributed by atoms with van der Waals surface area (Å²) in [7, 11) is 3.01. The summed E-state index contributed by atoms with van der Waals surface area (Å²) >= 11 is 2.26. The number of nitrogens with one attached hydrogen (secondary N) is 3. The van der Waals surface area contributed by atoms with Gasteiger partial charge in [0.25, 0.3) is 11.8 Å². The van der Waals surface area contributed by atoms with E-state index < -0.39 is 11.9 Å². The van der Waals surface area contributed by atoms with Crippen molar-refractivity contribution in [1.29, 1.82) is 0 Å². The van der Waals surface area contributed by atoms with Crippen LogP contribution in [0.25, 0.3) is 0 Å². The SMILES string of the molecule is CCOC(=O)c1c(NC(=O)CSc2cccc(NC(=O)c3ccc(OC)c(OC)c3)c2)sc(C(=O)Nc2ccccc2)c1C. The summed E-state index contributed by atoms with van der Waals surface area (Å²) in [6.45, 7) is 3.47. The summed E-state index contributed by atoms with van der Waals surface area (Å²) < 4.78 is 15.7. The molecule has 0 unspecified atom stereocenters. The number of anilines is 3. The average Bonchev–Trinajstić information content (AvgIpc) is 3.35. The highest BCUT2D eigenvalue weighted by atomic mass is 32.2. The molecule has 0 aliphatic rings. The molecule has 4 aromatic rings. The van der Waals surface area contributed by atoms with Gasteiger partial charge in [-0.15, -0.1) is 23.1 Å². The minimum absolute atomic E-state index is 0.0117. The van der Waals surface area contributed by atoms with E-state index in [1.807, 2.05) is 12.1 Å². The van der Waals surface area contributed by atoms with Gasteiger partial charge >= 0.3 is 5.97 Å². The van der Waals surface area contributed by atoms with Crippen LogP contribution in [0.2, 0.25) is 0 Å². The third-order valence-corrected chi connectivity index (χ3v) is 8.42. The van der Waals surface area contributed by atoms with Gasteiger partial charge in [-0.3, -0.25) is 14.4 Å². The molecule has 0 atom stereocenters. The summed E-state index contributed by atoms with van der Waals surface area (Å²) in [5.41, 5.74) is 2.10. The van der Waals surface area contributed by atoms with Crippen molar-refractivity contribution in [3.05, 3.63) is 94.4 Å². The fraction of sp³-hybridized carbons (Fsp3) is 0.188. The van der Waals surface area contributed by atoms with Gasteiger partial charge in [0.05, 0.1) is 37.0 Å². The first kappa shape index (κ1) is 32.1. The topological polar surface area (TPSA) is 132 Å². The molecule has 44 heavy (non-hydrogen) atoms. The van der Waals surface area contributed by atoms with E-state index in [4.69, 9.17) is 14.2 Å². The van der Waals surface area contributed by atoms with E-state index in [1.165, 1.54) is 26.0 Å². The van der Waals surface area contributed by atoms with Crippen molar-refractivity contribution in [2.24, 2.45) is 0 Å². The third kappa shape index (κ3) is 7.97. The zero-order chi connectivity index (χ0) is 31.6. The van der Waals surface area contributed by atoms with Crippen LogP contribution in [-0.4, -0.2) is 50.3 Å². The van der Waals surface area contributed by atoms with E-state index in [0.717, 1.165) is 16.2 Å². The zero-order valence-electron chi connectivity index (χ0n) is 24.5. The first-order chi connectivity index (χ1) is 21.2. The Hall–Kier alpha value is -4.81. The van der Waals surface area contributed by atoms with E-state index >= 15 is 0 Å². The number of para-hydroxylation sites is 1. The predicted molar refractivity (Wildman–Crippen MR) is 173 cm³/mol. The summed E-state index contributed by atoms with van der Waals surface area (Å²) in [6.07, 6.45) is 0. The molecule has 0 saturated carbocycles. The first-order valence-electron chi connectivity index (χ1n) is 13.5. The Balaban J connectivity index is 1.43. The number of hydrogen-bond acceptors (Lipinski definition) is 9. The first-order valence-corrected chi connectivity index (χ1v) is 15.3. The zero-order valence-corrected chi connectivity index (χ0v) is 26.1. The number of thiophene rings is 1. The molecule has 0 radical (unpaired) electrons. The fourth-order valence-corrected chi connectivity index (χ4v) is 5.99. The normalized spacial score (nSPS) is 10.5. The molecule has 12 heteroatoms. The number of ether oxygens (including phenoxy) is 3. The van der Waals surface area contributed by atoms with Crippen LogP contribution in [0.1, 0.15) is 42.9 Å². The Morgan fingerprint density at radius 2 is 1.50 bits per heavy atom. The molecule has 0 spiro atoms. The largest absolute Gasteiger partial charge is 0.493 e. The van der Waals surface area contributed by atoms with Crippen molar-refractivity contribution in [3.63, 3.8) is 0 Å². The highest BCUT2D eigenvalue weighted by Gasteiger charge is 2.27.